The molecule has 3 nitrogen and oxygen atoms in total. The van der Waals surface area contributed by atoms with Crippen molar-refractivity contribution in [3.05, 3.63) is 35.9 Å². The van der Waals surface area contributed by atoms with E-state index in [-0.39, 0.29) is 23.7 Å². The van der Waals surface area contributed by atoms with Crippen LogP contribution in [0, 0.1) is 11.3 Å². The summed E-state index contributed by atoms with van der Waals surface area (Å²) in [4.78, 5) is 15.0. The molecule has 0 aliphatic carbocycles. The van der Waals surface area contributed by atoms with E-state index in [9.17, 15) is 4.79 Å². The molecular formula is C19H31ClN2O. The summed E-state index contributed by atoms with van der Waals surface area (Å²) >= 11 is 0. The molecule has 1 fully saturated rings. The number of nitrogens with two attached hydrogens (primary N) is 1. The summed E-state index contributed by atoms with van der Waals surface area (Å²) in [6.07, 6.45) is 5.06. The van der Waals surface area contributed by atoms with E-state index in [1.807, 2.05) is 0 Å². The Morgan fingerprint density at radius 1 is 1.26 bits per heavy atom. The van der Waals surface area contributed by atoms with Crippen LogP contribution < -0.4 is 5.73 Å². The topological polar surface area (TPSA) is 46.3 Å². The second-order valence-corrected chi connectivity index (χ2v) is 6.64. The Kier molecular flexibility index (Phi) is 8.07. The quantitative estimate of drug-likeness (QED) is 0.860. The Morgan fingerprint density at radius 3 is 2.48 bits per heavy atom. The molecule has 0 bridgehead atoms. The number of hydrogen-bond donors (Lipinski definition) is 1. The Hall–Kier alpha value is -1.06. The van der Waals surface area contributed by atoms with Gasteiger partial charge in [0, 0.05) is 19.6 Å². The highest BCUT2D eigenvalue weighted by Crippen LogP contribution is 2.30. The zero-order valence-corrected chi connectivity index (χ0v) is 15.3. The molecule has 1 unspecified atom stereocenters. The molecule has 1 atom stereocenters. The molecule has 1 aromatic carbocycles. The van der Waals surface area contributed by atoms with Crippen molar-refractivity contribution in [3.63, 3.8) is 0 Å². The minimum absolute atomic E-state index is 0. The maximum absolute atomic E-state index is 13.0. The molecule has 0 spiro atoms. The van der Waals surface area contributed by atoms with Gasteiger partial charge in [-0.2, -0.15) is 0 Å². The van der Waals surface area contributed by atoms with Gasteiger partial charge in [0.2, 0.25) is 5.91 Å². The van der Waals surface area contributed by atoms with Crippen LogP contribution in [-0.4, -0.2) is 30.4 Å². The monoisotopic (exact) mass is 338 g/mol. The maximum Gasteiger partial charge on any atom is 0.230 e. The minimum Gasteiger partial charge on any atom is -0.342 e. The van der Waals surface area contributed by atoms with Gasteiger partial charge >= 0.3 is 0 Å². The van der Waals surface area contributed by atoms with Crippen molar-refractivity contribution in [2.24, 2.45) is 17.1 Å². The second-order valence-electron chi connectivity index (χ2n) is 6.64. The molecule has 1 heterocycles. The predicted molar refractivity (Wildman–Crippen MR) is 98.8 cm³/mol. The van der Waals surface area contributed by atoms with E-state index in [0.717, 1.165) is 38.8 Å². The first-order valence-corrected chi connectivity index (χ1v) is 8.68. The molecule has 2 N–H and O–H groups in total. The zero-order valence-electron chi connectivity index (χ0n) is 14.5. The number of nitrogens with zero attached hydrogens (tertiary/aromatic N) is 1. The molecular weight excluding hydrogens is 308 g/mol. The van der Waals surface area contributed by atoms with E-state index in [4.69, 9.17) is 5.73 Å². The molecule has 0 aromatic heterocycles. The molecule has 1 aliphatic rings. The fraction of sp³-hybridized carbons (Fsp3) is 0.632. The van der Waals surface area contributed by atoms with E-state index in [0.29, 0.717) is 12.5 Å². The molecule has 1 aromatic rings. The van der Waals surface area contributed by atoms with Gasteiger partial charge in [0.1, 0.15) is 0 Å². The maximum atomic E-state index is 13.0. The number of benzene rings is 1. The number of amides is 1. The number of halogens is 1. The van der Waals surface area contributed by atoms with Crippen molar-refractivity contribution in [1.82, 2.24) is 4.90 Å². The van der Waals surface area contributed by atoms with Gasteiger partial charge in [0.15, 0.2) is 0 Å². The molecule has 1 saturated heterocycles. The molecule has 0 saturated carbocycles. The minimum atomic E-state index is -0.353. The lowest BCUT2D eigenvalue weighted by Gasteiger charge is -2.39. The number of carbonyl (C=O) groups excluding carboxylic acids is 1. The fourth-order valence-electron chi connectivity index (χ4n) is 3.63. The normalized spacial score (nSPS) is 18.4. The fourth-order valence-corrected chi connectivity index (χ4v) is 3.63. The highest BCUT2D eigenvalue weighted by molar-refractivity contribution is 5.85. The molecule has 130 valence electrons. The van der Waals surface area contributed by atoms with Gasteiger partial charge in [-0.3, -0.25) is 4.79 Å². The van der Waals surface area contributed by atoms with Gasteiger partial charge in [0.05, 0.1) is 5.41 Å². The summed E-state index contributed by atoms with van der Waals surface area (Å²) in [5, 5.41) is 0. The van der Waals surface area contributed by atoms with Gasteiger partial charge in [-0.25, -0.2) is 0 Å². The van der Waals surface area contributed by atoms with Crippen molar-refractivity contribution in [1.29, 1.82) is 0 Å². The van der Waals surface area contributed by atoms with Crippen molar-refractivity contribution in [2.75, 3.05) is 19.6 Å². The predicted octanol–water partition coefficient (Wildman–Crippen LogP) is 3.65. The third kappa shape index (κ3) is 4.71. The Labute approximate surface area is 147 Å². The van der Waals surface area contributed by atoms with E-state index < -0.39 is 0 Å². The van der Waals surface area contributed by atoms with Crippen LogP contribution in [0.25, 0.3) is 0 Å². The summed E-state index contributed by atoms with van der Waals surface area (Å²) in [6.45, 7) is 6.40. The average molecular weight is 339 g/mol. The Bertz CT molecular complexity index is 465. The van der Waals surface area contributed by atoms with E-state index >= 15 is 0 Å². The largest absolute Gasteiger partial charge is 0.342 e. The number of piperidine rings is 1. The van der Waals surface area contributed by atoms with Crippen LogP contribution in [-0.2, 0) is 11.2 Å². The first kappa shape index (κ1) is 20.0. The molecule has 1 aliphatic heterocycles. The highest BCUT2D eigenvalue weighted by Gasteiger charge is 2.38. The van der Waals surface area contributed by atoms with E-state index in [2.05, 4.69) is 49.1 Å². The van der Waals surface area contributed by atoms with Gasteiger partial charge in [-0.05, 0) is 43.6 Å². The van der Waals surface area contributed by atoms with Crippen LogP contribution >= 0.6 is 12.4 Å². The van der Waals surface area contributed by atoms with Crippen LogP contribution in [0.3, 0.4) is 0 Å². The molecule has 0 radical (unpaired) electrons. The van der Waals surface area contributed by atoms with Crippen molar-refractivity contribution in [3.8, 4) is 0 Å². The number of hydrogen-bond acceptors (Lipinski definition) is 2. The van der Waals surface area contributed by atoms with Crippen molar-refractivity contribution in [2.45, 2.75) is 46.0 Å². The summed E-state index contributed by atoms with van der Waals surface area (Å²) in [5.41, 5.74) is 6.97. The summed E-state index contributed by atoms with van der Waals surface area (Å²) in [6, 6.07) is 10.6. The van der Waals surface area contributed by atoms with Gasteiger partial charge in [-0.15, -0.1) is 12.4 Å². The molecule has 4 heteroatoms. The summed E-state index contributed by atoms with van der Waals surface area (Å²) < 4.78 is 0. The standard InChI is InChI=1S/C19H30N2O.ClH/c1-3-19(4-2,15-20)18(22)21-12-8-11-17(14-21)13-16-9-6-5-7-10-16;/h5-7,9-10,17H,3-4,8,11-15,20H2,1-2H3;1H. The number of carbonyl (C=O) groups is 1. The lowest BCUT2D eigenvalue weighted by Crippen LogP contribution is -2.51. The van der Waals surface area contributed by atoms with Gasteiger partial charge < -0.3 is 10.6 Å². The Morgan fingerprint density at radius 2 is 1.91 bits per heavy atom. The number of likely N-dealkylation sites (tertiary alicyclic amines) is 1. The first-order chi connectivity index (χ1) is 10.6. The zero-order chi connectivity index (χ0) is 16.0. The van der Waals surface area contributed by atoms with Crippen LogP contribution in [0.5, 0.6) is 0 Å². The Balaban J connectivity index is 0.00000264. The van der Waals surface area contributed by atoms with E-state index in [1.165, 1.54) is 12.0 Å². The first-order valence-electron chi connectivity index (χ1n) is 8.68. The molecule has 2 rings (SSSR count). The average Bonchev–Trinajstić information content (AvgIpc) is 2.58. The third-order valence-electron chi connectivity index (χ3n) is 5.37. The lowest BCUT2D eigenvalue weighted by atomic mass is 9.80. The number of rotatable bonds is 6. The summed E-state index contributed by atoms with van der Waals surface area (Å²) in [7, 11) is 0. The second kappa shape index (κ2) is 9.29. The van der Waals surface area contributed by atoms with Crippen LogP contribution in [0.1, 0.15) is 45.1 Å². The highest BCUT2D eigenvalue weighted by atomic mass is 35.5. The van der Waals surface area contributed by atoms with Crippen molar-refractivity contribution >= 4 is 18.3 Å². The lowest BCUT2D eigenvalue weighted by molar-refractivity contribution is -0.144. The third-order valence-corrected chi connectivity index (χ3v) is 5.37. The van der Waals surface area contributed by atoms with Crippen LogP contribution in [0.4, 0.5) is 0 Å². The smallest absolute Gasteiger partial charge is 0.230 e. The SMILES string of the molecule is CCC(CC)(CN)C(=O)N1CCCC(Cc2ccccc2)C1.Cl. The van der Waals surface area contributed by atoms with Crippen LogP contribution in [0.15, 0.2) is 30.3 Å². The van der Waals surface area contributed by atoms with Crippen molar-refractivity contribution < 1.29 is 4.79 Å². The van der Waals surface area contributed by atoms with Crippen LogP contribution in [0.2, 0.25) is 0 Å². The molecule has 1 amide bonds. The van der Waals surface area contributed by atoms with Gasteiger partial charge in [-0.1, -0.05) is 44.2 Å². The van der Waals surface area contributed by atoms with Gasteiger partial charge in [0.25, 0.3) is 0 Å². The van der Waals surface area contributed by atoms with E-state index in [1.54, 1.807) is 0 Å². The summed E-state index contributed by atoms with van der Waals surface area (Å²) in [5.74, 6) is 0.849. The molecule has 23 heavy (non-hydrogen) atoms.